The highest BCUT2D eigenvalue weighted by Crippen LogP contribution is 2.28. The van der Waals surface area contributed by atoms with Crippen molar-refractivity contribution in [3.8, 4) is 23.0 Å². The Kier molecular flexibility index (Phi) is 29.0. The van der Waals surface area contributed by atoms with Crippen LogP contribution in [0.3, 0.4) is 0 Å². The number of carbonyl (C=O) groups is 9. The van der Waals surface area contributed by atoms with Crippen LogP contribution in [-0.2, 0) is 24.0 Å². The molecule has 0 bridgehead atoms. The van der Waals surface area contributed by atoms with Crippen LogP contribution in [0, 0.1) is 0 Å². The number of ether oxygens (including phenoxy) is 4. The molecular formula is C58H81N13O14. The van der Waals surface area contributed by atoms with Crippen LogP contribution in [0.25, 0.3) is 0 Å². The van der Waals surface area contributed by atoms with Gasteiger partial charge in [0.05, 0.1) is 49.6 Å². The van der Waals surface area contributed by atoms with E-state index in [-0.39, 0.29) is 93.8 Å². The molecule has 4 rings (SSSR count). The quantitative estimate of drug-likeness (QED) is 0.0287. The summed E-state index contributed by atoms with van der Waals surface area (Å²) in [6.07, 6.45) is 5.64. The first-order valence-electron chi connectivity index (χ1n) is 27.9. The number of benzene rings is 4. The summed E-state index contributed by atoms with van der Waals surface area (Å²) in [5.41, 5.74) is 34.7. The van der Waals surface area contributed by atoms with Gasteiger partial charge in [0.25, 0.3) is 23.6 Å². The molecule has 0 aliphatic heterocycles. The molecule has 0 saturated heterocycles. The largest absolute Gasteiger partial charge is 0.496 e. The lowest BCUT2D eigenvalue weighted by molar-refractivity contribution is -0.139. The van der Waals surface area contributed by atoms with Crippen LogP contribution >= 0.6 is 0 Å². The lowest BCUT2D eigenvalue weighted by Crippen LogP contribution is -2.44. The lowest BCUT2D eigenvalue weighted by Gasteiger charge is -2.22. The maximum Gasteiger partial charge on any atom is 0.341 e. The minimum absolute atomic E-state index is 0.0288. The molecule has 462 valence electrons. The summed E-state index contributed by atoms with van der Waals surface area (Å²) in [6.45, 7) is 0.618. The number of anilines is 4. The number of aliphatic carboxylic acids is 1. The maximum absolute atomic E-state index is 14.3. The molecule has 0 aliphatic rings. The second kappa shape index (κ2) is 36.0. The van der Waals surface area contributed by atoms with Gasteiger partial charge in [0, 0.05) is 22.7 Å². The normalized spacial score (nSPS) is 12.2. The molecule has 20 N–H and O–H groups in total. The van der Waals surface area contributed by atoms with E-state index in [1.807, 2.05) is 0 Å². The summed E-state index contributed by atoms with van der Waals surface area (Å²) < 4.78 is 21.7. The zero-order valence-electron chi connectivity index (χ0n) is 48.2. The van der Waals surface area contributed by atoms with Crippen molar-refractivity contribution in [3.63, 3.8) is 0 Å². The van der Waals surface area contributed by atoms with E-state index in [2.05, 4.69) is 37.2 Å². The number of rotatable bonds is 38. The van der Waals surface area contributed by atoms with Gasteiger partial charge in [0.2, 0.25) is 23.6 Å². The summed E-state index contributed by atoms with van der Waals surface area (Å²) >= 11 is 0. The van der Waals surface area contributed by atoms with Crippen molar-refractivity contribution in [2.24, 2.45) is 34.4 Å². The molecule has 0 aliphatic carbocycles. The topological polar surface area (TPSA) is 451 Å². The second-order valence-electron chi connectivity index (χ2n) is 19.6. The van der Waals surface area contributed by atoms with E-state index in [1.165, 1.54) is 94.1 Å². The third-order valence-electron chi connectivity index (χ3n) is 13.3. The number of nitrogens with one attached hydrogen (secondary N) is 7. The molecule has 4 aromatic rings. The van der Waals surface area contributed by atoms with Crippen LogP contribution in [0.4, 0.5) is 22.7 Å². The van der Waals surface area contributed by atoms with E-state index < -0.39 is 84.0 Å². The average molecular weight is 1180 g/mol. The summed E-state index contributed by atoms with van der Waals surface area (Å²) in [6, 6.07) is 12.4. The zero-order valence-corrected chi connectivity index (χ0v) is 48.2. The molecule has 0 fully saturated rings. The molecule has 0 saturated carbocycles. The van der Waals surface area contributed by atoms with Gasteiger partial charge in [-0.2, -0.15) is 0 Å². The van der Waals surface area contributed by atoms with E-state index >= 15 is 0 Å². The average Bonchev–Trinajstić information content (AvgIpc) is 3.39. The Morgan fingerprint density at radius 2 is 0.729 bits per heavy atom. The van der Waals surface area contributed by atoms with Gasteiger partial charge < -0.3 is 95.7 Å². The number of primary amides is 1. The van der Waals surface area contributed by atoms with E-state index in [1.54, 1.807) is 0 Å². The molecule has 0 heterocycles. The van der Waals surface area contributed by atoms with E-state index in [9.17, 15) is 48.3 Å². The summed E-state index contributed by atoms with van der Waals surface area (Å²) in [4.78, 5) is 121. The Morgan fingerprint density at radius 1 is 0.424 bits per heavy atom. The number of methoxy groups -OCH3 is 3. The van der Waals surface area contributed by atoms with Gasteiger partial charge in [-0.1, -0.05) is 19.3 Å². The van der Waals surface area contributed by atoms with Crippen LogP contribution in [-0.4, -0.2) is 137 Å². The molecule has 0 unspecified atom stereocenters. The van der Waals surface area contributed by atoms with Crippen molar-refractivity contribution in [2.45, 2.75) is 108 Å². The Balaban J connectivity index is 1.58. The minimum Gasteiger partial charge on any atom is -0.496 e. The van der Waals surface area contributed by atoms with Gasteiger partial charge >= 0.3 is 5.97 Å². The van der Waals surface area contributed by atoms with Crippen molar-refractivity contribution in [1.82, 2.24) is 16.0 Å². The molecule has 0 radical (unpaired) electrons. The number of carbonyl (C=O) groups excluding carboxylic acids is 8. The minimum atomic E-state index is -1.33. The smallest absolute Gasteiger partial charge is 0.341 e. The predicted octanol–water partition coefficient (Wildman–Crippen LogP) is 2.66. The number of hydrogen-bond acceptors (Lipinski definition) is 18. The fraction of sp³-hybridized carbons (Fsp3) is 0.431. The maximum atomic E-state index is 14.3. The Morgan fingerprint density at radius 3 is 1.08 bits per heavy atom. The van der Waals surface area contributed by atoms with Crippen molar-refractivity contribution < 1.29 is 67.2 Å². The van der Waals surface area contributed by atoms with Crippen LogP contribution in [0.5, 0.6) is 23.0 Å². The lowest BCUT2D eigenvalue weighted by atomic mass is 10.0. The number of hydrogen-bond donors (Lipinski definition) is 14. The molecule has 4 aromatic carbocycles. The monoisotopic (exact) mass is 1180 g/mol. The van der Waals surface area contributed by atoms with Gasteiger partial charge in [-0.25, -0.2) is 4.79 Å². The molecule has 0 spiro atoms. The molecule has 8 amide bonds. The van der Waals surface area contributed by atoms with Gasteiger partial charge in [0.15, 0.2) is 6.61 Å². The van der Waals surface area contributed by atoms with Crippen LogP contribution < -0.4 is 90.6 Å². The SMILES string of the molecule is COc1ccc(NC(=O)[C@H](CCCCCN)NC(=O)c2cc(NC(=O)[C@H](CCCCN)NC(=O)c3cc(NC(=O)[C@H](CCCCN)NC(=O)c4cc(NC(=O)[C@@H](N)CCCCN)ccc4OCC(=O)O)ccc3OC)ccc2OC)cc1C(N)=O. The molecule has 27 nitrogen and oxygen atoms in total. The zero-order chi connectivity index (χ0) is 62.4. The number of amides is 8. The standard InChI is InChI=1S/C58H81N13O14/c1-82-46-21-17-34(29-38(46)51(64)74)66-56(79)43(14-5-4-9-25-59)69-52(75)39-30-36(18-22-47(39)83-2)67-57(80)44(15-7-11-27-61)70-53(76)40-31-37(19-23-48(40)84-3)68-58(81)45(16-8-12-28-62)71-54(77)41-32-35(20-24-49(41)85-33-50(72)73)65-55(78)42(63)13-6-10-26-60/h17-24,29-32,42-45H,4-16,25-28,33,59-63H2,1-3H3,(H2,64,74)(H,65,78)(H,66,79)(H,67,80)(H,68,81)(H,69,75)(H,70,76)(H,71,77)(H,72,73)/t42-,43-,44-,45-/m0/s1. The number of unbranched alkanes of at least 4 members (excludes halogenated alkanes) is 5. The van der Waals surface area contributed by atoms with E-state index in [0.717, 1.165) is 0 Å². The highest BCUT2D eigenvalue weighted by Gasteiger charge is 2.29. The third-order valence-corrected chi connectivity index (χ3v) is 13.3. The van der Waals surface area contributed by atoms with Crippen molar-refractivity contribution >= 4 is 76.0 Å². The first kappa shape index (κ1) is 68.6. The molecule has 0 aromatic heterocycles. The first-order chi connectivity index (χ1) is 40.8. The van der Waals surface area contributed by atoms with Crippen molar-refractivity contribution in [1.29, 1.82) is 0 Å². The summed E-state index contributed by atoms with van der Waals surface area (Å²) in [5, 5.41) is 28.5. The van der Waals surface area contributed by atoms with Gasteiger partial charge in [0.1, 0.15) is 41.1 Å². The third kappa shape index (κ3) is 22.0. The van der Waals surface area contributed by atoms with E-state index in [0.29, 0.717) is 83.8 Å². The Labute approximate surface area is 493 Å². The van der Waals surface area contributed by atoms with Crippen LogP contribution in [0.15, 0.2) is 72.8 Å². The van der Waals surface area contributed by atoms with Crippen molar-refractivity contribution in [2.75, 3.05) is 75.4 Å². The highest BCUT2D eigenvalue weighted by molar-refractivity contribution is 6.07. The Hall–Kier alpha value is -8.89. The molecular weight excluding hydrogens is 1100 g/mol. The van der Waals surface area contributed by atoms with Crippen molar-refractivity contribution in [3.05, 3.63) is 95.1 Å². The number of carboxylic acid groups (broad SMARTS) is 1. The number of nitrogens with two attached hydrogens (primary N) is 6. The Bertz CT molecular complexity index is 2940. The first-order valence-corrected chi connectivity index (χ1v) is 27.9. The molecule has 4 atom stereocenters. The van der Waals surface area contributed by atoms with Crippen LogP contribution in [0.1, 0.15) is 125 Å². The summed E-state index contributed by atoms with van der Waals surface area (Å²) in [5.74, 6) is -6.78. The fourth-order valence-corrected chi connectivity index (χ4v) is 8.69. The molecule has 27 heteroatoms. The van der Waals surface area contributed by atoms with Crippen LogP contribution in [0.2, 0.25) is 0 Å². The predicted molar refractivity (Wildman–Crippen MR) is 320 cm³/mol. The fourth-order valence-electron chi connectivity index (χ4n) is 8.69. The van der Waals surface area contributed by atoms with Gasteiger partial charge in [-0.15, -0.1) is 0 Å². The highest BCUT2D eigenvalue weighted by atomic mass is 16.5. The van der Waals surface area contributed by atoms with Gasteiger partial charge in [-0.05, 0) is 163 Å². The summed E-state index contributed by atoms with van der Waals surface area (Å²) in [7, 11) is 4.03. The van der Waals surface area contributed by atoms with Gasteiger partial charge in [-0.3, -0.25) is 38.4 Å². The van der Waals surface area contributed by atoms with E-state index in [4.69, 9.17) is 53.3 Å². The second-order valence-corrected chi connectivity index (χ2v) is 19.6. The molecule has 85 heavy (non-hydrogen) atoms. The number of carboxylic acids is 1.